The zero-order valence-electron chi connectivity index (χ0n) is 20.1. The van der Waals surface area contributed by atoms with Gasteiger partial charge in [0.15, 0.2) is 12.2 Å². The minimum atomic E-state index is -1.36. The SMILES string of the molecule is CCOC(=O)c1ccccc1O[C@@H]1O[C@H](COC(C)=O)[C@H](OC(C)=O)[C@@H](OC(C)=O)[C@@H]1NC(C)=O. The summed E-state index contributed by atoms with van der Waals surface area (Å²) < 4.78 is 32.8. The van der Waals surface area contributed by atoms with Gasteiger partial charge in [-0.3, -0.25) is 19.2 Å². The van der Waals surface area contributed by atoms with Crippen molar-refractivity contribution in [1.82, 2.24) is 5.32 Å². The number of amides is 1. The van der Waals surface area contributed by atoms with E-state index in [1.54, 1.807) is 19.1 Å². The van der Waals surface area contributed by atoms with E-state index in [1.807, 2.05) is 0 Å². The lowest BCUT2D eigenvalue weighted by atomic mass is 9.96. The molecule has 0 unspecified atom stereocenters. The van der Waals surface area contributed by atoms with Gasteiger partial charge < -0.3 is 33.7 Å². The molecule has 1 aromatic rings. The van der Waals surface area contributed by atoms with Gasteiger partial charge in [0.25, 0.3) is 0 Å². The Morgan fingerprint density at radius 3 is 2.09 bits per heavy atom. The summed E-state index contributed by atoms with van der Waals surface area (Å²) in [6.45, 7) is 6.08. The molecule has 12 heteroatoms. The summed E-state index contributed by atoms with van der Waals surface area (Å²) in [5.41, 5.74) is 0.0854. The molecule has 1 fully saturated rings. The topological polar surface area (TPSA) is 153 Å². The Morgan fingerprint density at radius 2 is 1.51 bits per heavy atom. The lowest BCUT2D eigenvalue weighted by Gasteiger charge is -2.44. The van der Waals surface area contributed by atoms with Crippen LogP contribution in [0.2, 0.25) is 0 Å². The number of nitrogens with one attached hydrogen (secondary N) is 1. The molecule has 1 N–H and O–H groups in total. The van der Waals surface area contributed by atoms with Crippen molar-refractivity contribution in [1.29, 1.82) is 0 Å². The van der Waals surface area contributed by atoms with E-state index in [1.165, 1.54) is 26.0 Å². The zero-order chi connectivity index (χ0) is 26.1. The molecule has 0 aliphatic carbocycles. The molecular weight excluding hydrogens is 466 g/mol. The first-order valence-electron chi connectivity index (χ1n) is 10.9. The largest absolute Gasteiger partial charge is 0.463 e. The summed E-state index contributed by atoms with van der Waals surface area (Å²) in [5.74, 6) is -3.21. The highest BCUT2D eigenvalue weighted by Gasteiger charge is 2.52. The number of rotatable bonds is 9. The van der Waals surface area contributed by atoms with Gasteiger partial charge in [-0.1, -0.05) is 12.1 Å². The fraction of sp³-hybridized carbons (Fsp3) is 0.522. The first-order chi connectivity index (χ1) is 16.5. The number of hydrogen-bond donors (Lipinski definition) is 1. The van der Waals surface area contributed by atoms with Crippen LogP contribution in [0.4, 0.5) is 0 Å². The van der Waals surface area contributed by atoms with E-state index in [9.17, 15) is 24.0 Å². The van der Waals surface area contributed by atoms with Gasteiger partial charge in [0.2, 0.25) is 12.2 Å². The Morgan fingerprint density at radius 1 is 0.886 bits per heavy atom. The molecular formula is C23H29NO11. The van der Waals surface area contributed by atoms with Gasteiger partial charge >= 0.3 is 23.9 Å². The molecule has 0 aromatic heterocycles. The van der Waals surface area contributed by atoms with Crippen molar-refractivity contribution in [2.24, 2.45) is 0 Å². The fourth-order valence-electron chi connectivity index (χ4n) is 3.46. The molecule has 1 aliphatic heterocycles. The number of carbonyl (C=O) groups excluding carboxylic acids is 5. The highest BCUT2D eigenvalue weighted by Crippen LogP contribution is 2.30. The Balaban J connectivity index is 2.51. The quantitative estimate of drug-likeness (QED) is 0.384. The van der Waals surface area contributed by atoms with Crippen molar-refractivity contribution < 1.29 is 52.4 Å². The molecule has 1 saturated heterocycles. The van der Waals surface area contributed by atoms with Gasteiger partial charge in [0.1, 0.15) is 30.1 Å². The molecule has 0 spiro atoms. The van der Waals surface area contributed by atoms with Crippen LogP contribution in [0.5, 0.6) is 5.75 Å². The van der Waals surface area contributed by atoms with E-state index in [4.69, 9.17) is 28.4 Å². The molecule has 12 nitrogen and oxygen atoms in total. The van der Waals surface area contributed by atoms with Crippen molar-refractivity contribution >= 4 is 29.8 Å². The minimum absolute atomic E-state index is 0.0602. The molecule has 0 saturated carbocycles. The summed E-state index contributed by atoms with van der Waals surface area (Å²) in [5, 5.41) is 2.59. The van der Waals surface area contributed by atoms with E-state index in [-0.39, 0.29) is 24.5 Å². The van der Waals surface area contributed by atoms with Gasteiger partial charge in [0, 0.05) is 27.7 Å². The molecule has 0 radical (unpaired) electrons. The maximum absolute atomic E-state index is 12.4. The molecule has 5 atom stereocenters. The Bertz CT molecular complexity index is 947. The molecule has 2 rings (SSSR count). The lowest BCUT2D eigenvalue weighted by molar-refractivity contribution is -0.257. The second-order valence-corrected chi connectivity index (χ2v) is 7.55. The summed E-state index contributed by atoms with van der Waals surface area (Å²) in [7, 11) is 0. The number of benzene rings is 1. The summed E-state index contributed by atoms with van der Waals surface area (Å²) in [6.07, 6.45) is -5.04. The molecule has 1 amide bonds. The van der Waals surface area contributed by atoms with Crippen molar-refractivity contribution in [2.75, 3.05) is 13.2 Å². The summed E-state index contributed by atoms with van der Waals surface area (Å²) >= 11 is 0. The molecule has 192 valence electrons. The first kappa shape index (κ1) is 27.6. The number of hydrogen-bond acceptors (Lipinski definition) is 11. The normalized spacial score (nSPS) is 23.4. The van der Waals surface area contributed by atoms with Crippen LogP contribution in [-0.2, 0) is 42.9 Å². The number of ether oxygens (including phenoxy) is 6. The Hall–Kier alpha value is -3.67. The van der Waals surface area contributed by atoms with Crippen LogP contribution in [-0.4, -0.2) is 73.6 Å². The van der Waals surface area contributed by atoms with Gasteiger partial charge in [-0.05, 0) is 19.1 Å². The van der Waals surface area contributed by atoms with Crippen LogP contribution in [0.3, 0.4) is 0 Å². The standard InChI is InChI=1S/C23H29NO11/c1-6-30-22(29)16-9-7-8-10-17(16)34-23-19(24-12(2)25)21(33-15(5)28)20(32-14(4)27)18(35-23)11-31-13(3)26/h7-10,18-21,23H,6,11H2,1-5H3,(H,24,25)/t18-,19+,20+,21+,23-/m1/s1. The third-order valence-corrected chi connectivity index (χ3v) is 4.70. The fourth-order valence-corrected chi connectivity index (χ4v) is 3.46. The molecule has 1 aromatic carbocycles. The van der Waals surface area contributed by atoms with Gasteiger partial charge in [0.05, 0.1) is 6.61 Å². The van der Waals surface area contributed by atoms with Crippen LogP contribution in [0, 0.1) is 0 Å². The van der Waals surface area contributed by atoms with Gasteiger partial charge in [-0.2, -0.15) is 0 Å². The van der Waals surface area contributed by atoms with Crippen molar-refractivity contribution in [3.05, 3.63) is 29.8 Å². The maximum atomic E-state index is 12.4. The smallest absolute Gasteiger partial charge is 0.341 e. The second-order valence-electron chi connectivity index (χ2n) is 7.55. The van der Waals surface area contributed by atoms with E-state index < -0.39 is 60.4 Å². The van der Waals surface area contributed by atoms with Crippen molar-refractivity contribution in [3.8, 4) is 5.75 Å². The third-order valence-electron chi connectivity index (χ3n) is 4.70. The molecule has 0 bridgehead atoms. The highest BCUT2D eigenvalue weighted by molar-refractivity contribution is 5.92. The Kier molecular flexibility index (Phi) is 10.0. The lowest BCUT2D eigenvalue weighted by Crippen LogP contribution is -2.67. The van der Waals surface area contributed by atoms with E-state index in [0.29, 0.717) is 0 Å². The average molecular weight is 495 g/mol. The van der Waals surface area contributed by atoms with Crippen LogP contribution in [0.25, 0.3) is 0 Å². The van der Waals surface area contributed by atoms with Crippen LogP contribution < -0.4 is 10.1 Å². The Labute approximate surface area is 202 Å². The van der Waals surface area contributed by atoms with Gasteiger partial charge in [-0.25, -0.2) is 4.79 Å². The predicted molar refractivity (Wildman–Crippen MR) is 117 cm³/mol. The minimum Gasteiger partial charge on any atom is -0.463 e. The monoisotopic (exact) mass is 495 g/mol. The predicted octanol–water partition coefficient (Wildman–Crippen LogP) is 0.898. The number of esters is 4. The van der Waals surface area contributed by atoms with Crippen molar-refractivity contribution in [3.63, 3.8) is 0 Å². The van der Waals surface area contributed by atoms with Crippen LogP contribution in [0.1, 0.15) is 45.0 Å². The summed E-state index contributed by atoms with van der Waals surface area (Å²) in [6, 6.07) is 5.00. The third kappa shape index (κ3) is 7.95. The first-order valence-corrected chi connectivity index (χ1v) is 10.9. The molecule has 1 aliphatic rings. The molecule has 35 heavy (non-hydrogen) atoms. The molecule has 1 heterocycles. The van der Waals surface area contributed by atoms with Gasteiger partial charge in [-0.15, -0.1) is 0 Å². The number of para-hydroxylation sites is 1. The van der Waals surface area contributed by atoms with E-state index in [2.05, 4.69) is 5.32 Å². The van der Waals surface area contributed by atoms with Crippen LogP contribution >= 0.6 is 0 Å². The zero-order valence-corrected chi connectivity index (χ0v) is 20.1. The maximum Gasteiger partial charge on any atom is 0.341 e. The van der Waals surface area contributed by atoms with E-state index in [0.717, 1.165) is 13.8 Å². The highest BCUT2D eigenvalue weighted by atomic mass is 16.7. The average Bonchev–Trinajstić information content (AvgIpc) is 2.76. The van der Waals surface area contributed by atoms with Crippen molar-refractivity contribution in [2.45, 2.75) is 65.3 Å². The summed E-state index contributed by atoms with van der Waals surface area (Å²) in [4.78, 5) is 59.6. The van der Waals surface area contributed by atoms with Crippen LogP contribution in [0.15, 0.2) is 24.3 Å². The number of carbonyl (C=O) groups is 5. The van der Waals surface area contributed by atoms with E-state index >= 15 is 0 Å². The second kappa shape index (κ2) is 12.7.